The van der Waals surface area contributed by atoms with Gasteiger partial charge in [0.25, 0.3) is 5.91 Å². The van der Waals surface area contributed by atoms with Gasteiger partial charge in [0.05, 0.1) is 0 Å². The number of benzene rings is 1. The lowest BCUT2D eigenvalue weighted by molar-refractivity contribution is -0.138. The molecule has 0 spiro atoms. The van der Waals surface area contributed by atoms with E-state index in [1.165, 1.54) is 22.7 Å². The molecule has 26 heavy (non-hydrogen) atoms. The van der Waals surface area contributed by atoms with Gasteiger partial charge in [-0.2, -0.15) is 4.31 Å². The van der Waals surface area contributed by atoms with Crippen LogP contribution < -0.4 is 5.32 Å². The van der Waals surface area contributed by atoms with Crippen LogP contribution >= 0.6 is 11.3 Å². The minimum Gasteiger partial charge on any atom is -0.480 e. The van der Waals surface area contributed by atoms with E-state index in [2.05, 4.69) is 5.32 Å². The van der Waals surface area contributed by atoms with Gasteiger partial charge in [0, 0.05) is 13.1 Å². The van der Waals surface area contributed by atoms with Gasteiger partial charge >= 0.3 is 5.97 Å². The molecule has 7 nitrogen and oxygen atoms in total. The number of fused-ring (bicyclic) bond motifs is 1. The van der Waals surface area contributed by atoms with E-state index in [4.69, 9.17) is 5.11 Å². The second kappa shape index (κ2) is 7.18. The van der Waals surface area contributed by atoms with E-state index in [0.717, 1.165) is 22.5 Å². The third-order valence-corrected chi connectivity index (χ3v) is 7.20. The topological polar surface area (TPSA) is 104 Å². The number of aliphatic carboxylic acids is 1. The first kappa shape index (κ1) is 18.6. The average molecular weight is 394 g/mol. The van der Waals surface area contributed by atoms with Gasteiger partial charge in [-0.1, -0.05) is 24.3 Å². The number of sulfonamides is 1. The molecule has 0 aliphatic carbocycles. The number of hydrogen-bond donors (Lipinski definition) is 2. The average Bonchev–Trinajstić information content (AvgIpc) is 3.12. The predicted octanol–water partition coefficient (Wildman–Crippen LogP) is 1.70. The third-order valence-electron chi connectivity index (χ3n) is 4.27. The van der Waals surface area contributed by atoms with Crippen LogP contribution in [-0.2, 0) is 27.8 Å². The van der Waals surface area contributed by atoms with Gasteiger partial charge in [-0.05, 0) is 35.9 Å². The van der Waals surface area contributed by atoms with Crippen molar-refractivity contribution in [3.8, 4) is 0 Å². The van der Waals surface area contributed by atoms with Crippen molar-refractivity contribution in [2.24, 2.45) is 0 Å². The summed E-state index contributed by atoms with van der Waals surface area (Å²) in [6.45, 7) is 1.91. The summed E-state index contributed by atoms with van der Waals surface area (Å²) >= 11 is 0.977. The van der Waals surface area contributed by atoms with Crippen LogP contribution in [-0.4, -0.2) is 42.3 Å². The minimum absolute atomic E-state index is 0.00282. The number of amides is 1. The summed E-state index contributed by atoms with van der Waals surface area (Å²) in [4.78, 5) is 23.1. The van der Waals surface area contributed by atoms with Gasteiger partial charge in [0.15, 0.2) is 0 Å². The molecule has 0 fully saturated rings. The maximum atomic E-state index is 13.0. The van der Waals surface area contributed by atoms with Crippen LogP contribution in [0.2, 0.25) is 0 Å². The largest absolute Gasteiger partial charge is 0.480 e. The molecule has 1 atom stereocenters. The number of nitrogens with one attached hydrogen (secondary N) is 1. The molecule has 0 saturated carbocycles. The Bertz CT molecular complexity index is 952. The Morgan fingerprint density at radius 3 is 2.62 bits per heavy atom. The highest BCUT2D eigenvalue weighted by atomic mass is 32.2. The quantitative estimate of drug-likeness (QED) is 0.803. The van der Waals surface area contributed by atoms with Crippen LogP contribution in [0.15, 0.2) is 40.6 Å². The molecule has 9 heteroatoms. The minimum atomic E-state index is -3.86. The Hall–Kier alpha value is -2.23. The first-order valence-corrected chi connectivity index (χ1v) is 10.3. The zero-order valence-corrected chi connectivity index (χ0v) is 15.6. The molecule has 0 unspecified atom stereocenters. The van der Waals surface area contributed by atoms with Crippen molar-refractivity contribution in [3.63, 3.8) is 0 Å². The first-order valence-electron chi connectivity index (χ1n) is 7.99. The highest BCUT2D eigenvalue weighted by Crippen LogP contribution is 2.29. The second-order valence-electron chi connectivity index (χ2n) is 6.00. The Labute approximate surface area is 155 Å². The monoisotopic (exact) mass is 394 g/mol. The Balaban J connectivity index is 1.87. The van der Waals surface area contributed by atoms with Crippen molar-refractivity contribution in [2.45, 2.75) is 30.8 Å². The van der Waals surface area contributed by atoms with Crippen LogP contribution in [0.4, 0.5) is 0 Å². The number of nitrogens with zero attached hydrogens (tertiary/aromatic N) is 1. The zero-order valence-electron chi connectivity index (χ0n) is 14.0. The smallest absolute Gasteiger partial charge is 0.325 e. The molecule has 138 valence electrons. The van der Waals surface area contributed by atoms with E-state index in [9.17, 15) is 18.0 Å². The highest BCUT2D eigenvalue weighted by molar-refractivity contribution is 7.89. The molecule has 2 N–H and O–H groups in total. The summed E-state index contributed by atoms with van der Waals surface area (Å²) in [5.74, 6) is -1.89. The van der Waals surface area contributed by atoms with Crippen molar-refractivity contribution in [3.05, 3.63) is 51.7 Å². The third kappa shape index (κ3) is 3.50. The van der Waals surface area contributed by atoms with Crippen molar-refractivity contribution in [1.29, 1.82) is 0 Å². The van der Waals surface area contributed by atoms with Crippen LogP contribution in [0, 0.1) is 0 Å². The lowest BCUT2D eigenvalue weighted by atomic mass is 10.0. The van der Waals surface area contributed by atoms with Crippen LogP contribution in [0.1, 0.15) is 27.7 Å². The van der Waals surface area contributed by atoms with Gasteiger partial charge in [-0.15, -0.1) is 11.3 Å². The number of thiophene rings is 1. The number of hydrogen-bond acceptors (Lipinski definition) is 5. The second-order valence-corrected chi connectivity index (χ2v) is 8.83. The molecule has 2 heterocycles. The molecule has 0 saturated heterocycles. The maximum Gasteiger partial charge on any atom is 0.325 e. The molecule has 0 bridgehead atoms. The van der Waals surface area contributed by atoms with Crippen LogP contribution in [0.5, 0.6) is 0 Å². The summed E-state index contributed by atoms with van der Waals surface area (Å²) in [7, 11) is -3.86. The van der Waals surface area contributed by atoms with E-state index in [1.54, 1.807) is 0 Å². The number of rotatable bonds is 5. The fraction of sp³-hybridized carbons (Fsp3) is 0.294. The molecular formula is C17H18N2O5S2. The number of carboxylic acid groups (broad SMARTS) is 1. The van der Waals surface area contributed by atoms with E-state index < -0.39 is 27.9 Å². The number of carboxylic acids is 1. The summed E-state index contributed by atoms with van der Waals surface area (Å²) in [5, 5.41) is 12.7. The lowest BCUT2D eigenvalue weighted by Crippen LogP contribution is -2.40. The van der Waals surface area contributed by atoms with Gasteiger partial charge < -0.3 is 10.4 Å². The van der Waals surface area contributed by atoms with E-state index in [1.807, 2.05) is 24.3 Å². The molecule has 1 aromatic heterocycles. The van der Waals surface area contributed by atoms with E-state index in [0.29, 0.717) is 13.0 Å². The van der Waals surface area contributed by atoms with Crippen LogP contribution in [0.25, 0.3) is 0 Å². The fourth-order valence-electron chi connectivity index (χ4n) is 2.80. The molecule has 0 radical (unpaired) electrons. The van der Waals surface area contributed by atoms with Gasteiger partial charge in [0.2, 0.25) is 10.0 Å². The Morgan fingerprint density at radius 2 is 1.92 bits per heavy atom. The normalized spacial score (nSPS) is 15.9. The van der Waals surface area contributed by atoms with Crippen molar-refractivity contribution < 1.29 is 23.1 Å². The lowest BCUT2D eigenvalue weighted by Gasteiger charge is -2.28. The molecule has 3 rings (SSSR count). The molecule has 2 aromatic rings. The fourth-order valence-corrected chi connectivity index (χ4v) is 5.53. The summed E-state index contributed by atoms with van der Waals surface area (Å²) in [5.41, 5.74) is 2.07. The Kier molecular flexibility index (Phi) is 5.12. The predicted molar refractivity (Wildman–Crippen MR) is 96.6 cm³/mol. The van der Waals surface area contributed by atoms with E-state index >= 15 is 0 Å². The number of carbonyl (C=O) groups excluding carboxylic acids is 1. The van der Waals surface area contributed by atoms with Crippen molar-refractivity contribution in [2.75, 3.05) is 6.54 Å². The number of carbonyl (C=O) groups is 2. The molecular weight excluding hydrogens is 376 g/mol. The molecule has 1 aliphatic heterocycles. The van der Waals surface area contributed by atoms with E-state index in [-0.39, 0.29) is 16.3 Å². The standard InChI is InChI=1S/C17H18N2O5S2/c1-11(17(21)22)18-16(20)15-14(7-9-25-15)26(23,24)19-8-6-12-4-2-3-5-13(12)10-19/h2-5,7,9,11H,6,8,10H2,1H3,(H,18,20)(H,21,22)/t11-/m1/s1. The molecule has 1 aromatic carbocycles. The summed E-state index contributed by atoms with van der Waals surface area (Å²) < 4.78 is 27.4. The van der Waals surface area contributed by atoms with Crippen LogP contribution in [0.3, 0.4) is 0 Å². The maximum absolute atomic E-state index is 13.0. The summed E-state index contributed by atoms with van der Waals surface area (Å²) in [6.07, 6.45) is 0.608. The van der Waals surface area contributed by atoms with Gasteiger partial charge in [-0.25, -0.2) is 8.42 Å². The first-order chi connectivity index (χ1) is 12.3. The van der Waals surface area contributed by atoms with Gasteiger partial charge in [-0.3, -0.25) is 9.59 Å². The zero-order chi connectivity index (χ0) is 18.9. The van der Waals surface area contributed by atoms with Gasteiger partial charge in [0.1, 0.15) is 15.8 Å². The SMILES string of the molecule is C[C@@H](NC(=O)c1sccc1S(=O)(=O)N1CCc2ccccc2C1)C(=O)O. The molecule has 1 aliphatic rings. The Morgan fingerprint density at radius 1 is 1.23 bits per heavy atom. The van der Waals surface area contributed by atoms with Crippen molar-refractivity contribution in [1.82, 2.24) is 9.62 Å². The highest BCUT2D eigenvalue weighted by Gasteiger charge is 2.32. The molecule has 1 amide bonds. The summed E-state index contributed by atoms with van der Waals surface area (Å²) in [6, 6.07) is 7.95. The van der Waals surface area contributed by atoms with Crippen molar-refractivity contribution >= 4 is 33.2 Å².